The van der Waals surface area contributed by atoms with Gasteiger partial charge in [-0.05, 0) is 17.7 Å². The minimum atomic E-state index is -0.632. The molecule has 0 atom stereocenters. The molecular weight excluding hydrogens is 390 g/mol. The lowest BCUT2D eigenvalue weighted by molar-refractivity contribution is -0.117. The number of nitrogens with one attached hydrogen (secondary N) is 1. The predicted molar refractivity (Wildman–Crippen MR) is 108 cm³/mol. The highest BCUT2D eigenvalue weighted by Crippen LogP contribution is 2.33. The number of aryl methyl sites for hydroxylation is 1. The summed E-state index contributed by atoms with van der Waals surface area (Å²) in [5.74, 6) is 0.00762. The van der Waals surface area contributed by atoms with Gasteiger partial charge >= 0.3 is 5.97 Å². The third kappa shape index (κ3) is 4.37. The van der Waals surface area contributed by atoms with Crippen LogP contribution in [-0.4, -0.2) is 53.4 Å². The molecule has 0 aliphatic carbocycles. The van der Waals surface area contributed by atoms with Crippen LogP contribution in [-0.2, 0) is 16.1 Å². The van der Waals surface area contributed by atoms with E-state index < -0.39 is 11.9 Å². The van der Waals surface area contributed by atoms with Gasteiger partial charge in [0.2, 0.25) is 11.7 Å². The number of ether oxygens (including phenoxy) is 3. The van der Waals surface area contributed by atoms with Crippen LogP contribution in [0.3, 0.4) is 0 Å². The van der Waals surface area contributed by atoms with Crippen molar-refractivity contribution in [3.63, 3.8) is 0 Å². The van der Waals surface area contributed by atoms with Crippen LogP contribution in [0, 0.1) is 6.92 Å². The predicted octanol–water partition coefficient (Wildman–Crippen LogP) is 2.09. The molecule has 2 aromatic carbocycles. The van der Waals surface area contributed by atoms with Crippen LogP contribution in [0.25, 0.3) is 11.4 Å². The number of amides is 1. The van der Waals surface area contributed by atoms with Crippen LogP contribution in [0.15, 0.2) is 36.4 Å². The second kappa shape index (κ2) is 9.03. The van der Waals surface area contributed by atoms with Gasteiger partial charge in [-0.1, -0.05) is 24.3 Å². The minimum absolute atomic E-state index is 0.121. The summed E-state index contributed by atoms with van der Waals surface area (Å²) in [6.45, 7) is 1.74. The molecule has 0 spiro atoms. The van der Waals surface area contributed by atoms with Gasteiger partial charge in [-0.3, -0.25) is 4.79 Å². The van der Waals surface area contributed by atoms with E-state index in [1.807, 2.05) is 31.2 Å². The van der Waals surface area contributed by atoms with Gasteiger partial charge in [-0.2, -0.15) is 4.80 Å². The number of carbonyl (C=O) groups excluding carboxylic acids is 2. The summed E-state index contributed by atoms with van der Waals surface area (Å²) in [4.78, 5) is 25.8. The van der Waals surface area contributed by atoms with Gasteiger partial charge in [0.15, 0.2) is 11.5 Å². The lowest BCUT2D eigenvalue weighted by Gasteiger charge is -2.14. The van der Waals surface area contributed by atoms with Gasteiger partial charge in [0.05, 0.1) is 32.6 Å². The van der Waals surface area contributed by atoms with Gasteiger partial charge in [0.25, 0.3) is 0 Å². The second-order valence-electron chi connectivity index (χ2n) is 6.25. The molecule has 0 radical (unpaired) electrons. The first kappa shape index (κ1) is 20.8. The standard InChI is InChI=1S/C20H21N5O5/c1-12-7-5-6-8-13(12)19-22-24-25(23-19)11-18(26)21-15-10-17(29-3)16(28-2)9-14(15)20(27)30-4/h5-10H,11H2,1-4H3,(H,21,26). The number of nitrogens with zero attached hydrogens (tertiary/aromatic N) is 4. The third-order valence-electron chi connectivity index (χ3n) is 4.33. The molecule has 1 aromatic heterocycles. The highest BCUT2D eigenvalue weighted by atomic mass is 16.5. The largest absolute Gasteiger partial charge is 0.493 e. The molecule has 3 rings (SSSR count). The molecule has 10 heteroatoms. The Morgan fingerprint density at radius 1 is 1.07 bits per heavy atom. The molecule has 156 valence electrons. The first-order chi connectivity index (χ1) is 14.5. The van der Waals surface area contributed by atoms with Crippen molar-refractivity contribution in [2.75, 3.05) is 26.6 Å². The number of esters is 1. The van der Waals surface area contributed by atoms with Crippen molar-refractivity contribution in [3.8, 4) is 22.9 Å². The van der Waals surface area contributed by atoms with Crippen LogP contribution in [0.5, 0.6) is 11.5 Å². The van der Waals surface area contributed by atoms with Crippen molar-refractivity contribution >= 4 is 17.6 Å². The molecule has 1 amide bonds. The fourth-order valence-corrected chi connectivity index (χ4v) is 2.82. The van der Waals surface area contributed by atoms with Crippen molar-refractivity contribution < 1.29 is 23.8 Å². The number of hydrogen-bond donors (Lipinski definition) is 1. The fourth-order valence-electron chi connectivity index (χ4n) is 2.82. The maximum Gasteiger partial charge on any atom is 0.340 e. The molecule has 0 bridgehead atoms. The molecule has 10 nitrogen and oxygen atoms in total. The lowest BCUT2D eigenvalue weighted by atomic mass is 10.1. The van der Waals surface area contributed by atoms with Gasteiger partial charge in [-0.15, -0.1) is 10.2 Å². The quantitative estimate of drug-likeness (QED) is 0.587. The smallest absolute Gasteiger partial charge is 0.340 e. The number of anilines is 1. The molecule has 0 aliphatic rings. The molecule has 1 heterocycles. The summed E-state index contributed by atoms with van der Waals surface area (Å²) in [6.07, 6.45) is 0. The van der Waals surface area contributed by atoms with Crippen molar-refractivity contribution in [2.24, 2.45) is 0 Å². The molecule has 0 fully saturated rings. The monoisotopic (exact) mass is 411 g/mol. The number of carbonyl (C=O) groups is 2. The number of hydrogen-bond acceptors (Lipinski definition) is 8. The average molecular weight is 411 g/mol. The van der Waals surface area contributed by atoms with Gasteiger partial charge in [0.1, 0.15) is 6.54 Å². The van der Waals surface area contributed by atoms with Crippen LogP contribution in [0.4, 0.5) is 5.69 Å². The zero-order chi connectivity index (χ0) is 21.7. The Kier molecular flexibility index (Phi) is 6.26. The molecule has 0 saturated heterocycles. The van der Waals surface area contributed by atoms with Gasteiger partial charge in [-0.25, -0.2) is 4.79 Å². The van der Waals surface area contributed by atoms with E-state index in [2.05, 4.69) is 20.7 Å². The van der Waals surface area contributed by atoms with E-state index in [1.165, 1.54) is 38.3 Å². The molecular formula is C20H21N5O5. The van der Waals surface area contributed by atoms with Crippen LogP contribution < -0.4 is 14.8 Å². The summed E-state index contributed by atoms with van der Waals surface area (Å²) in [5.41, 5.74) is 2.16. The lowest BCUT2D eigenvalue weighted by Crippen LogP contribution is -2.22. The van der Waals surface area contributed by atoms with Crippen LogP contribution in [0.2, 0.25) is 0 Å². The normalized spacial score (nSPS) is 10.4. The Morgan fingerprint density at radius 3 is 2.43 bits per heavy atom. The maximum absolute atomic E-state index is 12.5. The van der Waals surface area contributed by atoms with E-state index in [1.54, 1.807) is 0 Å². The Bertz CT molecular complexity index is 1080. The summed E-state index contributed by atoms with van der Waals surface area (Å²) in [6, 6.07) is 10.5. The molecule has 30 heavy (non-hydrogen) atoms. The van der Waals surface area contributed by atoms with Crippen molar-refractivity contribution in [1.82, 2.24) is 20.2 Å². The van der Waals surface area contributed by atoms with E-state index in [-0.39, 0.29) is 17.8 Å². The molecule has 0 aliphatic heterocycles. The van der Waals surface area contributed by atoms with E-state index >= 15 is 0 Å². The number of aromatic nitrogens is 4. The number of tetrazole rings is 1. The van der Waals surface area contributed by atoms with Crippen LogP contribution in [0.1, 0.15) is 15.9 Å². The molecule has 3 aromatic rings. The minimum Gasteiger partial charge on any atom is -0.493 e. The van der Waals surface area contributed by atoms with E-state index in [0.717, 1.165) is 11.1 Å². The highest BCUT2D eigenvalue weighted by molar-refractivity contribution is 6.02. The number of benzene rings is 2. The molecule has 0 unspecified atom stereocenters. The Labute approximate surface area is 172 Å². The summed E-state index contributed by atoms with van der Waals surface area (Å²) < 4.78 is 15.2. The zero-order valence-corrected chi connectivity index (χ0v) is 17.0. The summed E-state index contributed by atoms with van der Waals surface area (Å²) >= 11 is 0. The van der Waals surface area contributed by atoms with E-state index in [4.69, 9.17) is 14.2 Å². The van der Waals surface area contributed by atoms with Gasteiger partial charge < -0.3 is 19.5 Å². The summed E-state index contributed by atoms with van der Waals surface area (Å²) in [5, 5.41) is 14.8. The summed E-state index contributed by atoms with van der Waals surface area (Å²) in [7, 11) is 4.14. The first-order valence-electron chi connectivity index (χ1n) is 8.94. The van der Waals surface area contributed by atoms with E-state index in [0.29, 0.717) is 17.3 Å². The number of rotatable bonds is 7. The van der Waals surface area contributed by atoms with Crippen molar-refractivity contribution in [1.29, 1.82) is 0 Å². The average Bonchev–Trinajstić information content (AvgIpc) is 3.21. The van der Waals surface area contributed by atoms with Gasteiger partial charge in [0, 0.05) is 17.7 Å². The SMILES string of the molecule is COC(=O)c1cc(OC)c(OC)cc1NC(=O)Cn1nnc(-c2ccccc2C)n1. The third-order valence-corrected chi connectivity index (χ3v) is 4.33. The Balaban J connectivity index is 1.81. The first-order valence-corrected chi connectivity index (χ1v) is 8.94. The second-order valence-corrected chi connectivity index (χ2v) is 6.25. The highest BCUT2D eigenvalue weighted by Gasteiger charge is 2.20. The Morgan fingerprint density at radius 2 is 1.77 bits per heavy atom. The zero-order valence-electron chi connectivity index (χ0n) is 17.0. The van der Waals surface area contributed by atoms with E-state index in [9.17, 15) is 9.59 Å². The maximum atomic E-state index is 12.5. The topological polar surface area (TPSA) is 117 Å². The Hall–Kier alpha value is -3.95. The van der Waals surface area contributed by atoms with Crippen molar-refractivity contribution in [2.45, 2.75) is 13.5 Å². The molecule has 1 N–H and O–H groups in total. The van der Waals surface area contributed by atoms with Crippen molar-refractivity contribution in [3.05, 3.63) is 47.5 Å². The fraction of sp³-hybridized carbons (Fsp3) is 0.250. The number of methoxy groups -OCH3 is 3. The van der Waals surface area contributed by atoms with Crippen LogP contribution >= 0.6 is 0 Å². The molecule has 0 saturated carbocycles.